The molecular weight excluding hydrogens is 373 g/mol. The Morgan fingerprint density at radius 2 is 2.03 bits per heavy atom. The standard InChI is InChI=1S/C21H20FN5O2/c1-12(2)17-18(25-19-14(10-23)11-24-27(19)21(17)29)13-5-6-16(22)15(9-13)20(28)26-7-3-4-8-26/h5-6,9,11-12,25H,3-4,7-8H2,1-2H3. The van der Waals surface area contributed by atoms with Crippen molar-refractivity contribution in [1.82, 2.24) is 19.5 Å². The van der Waals surface area contributed by atoms with Crippen molar-refractivity contribution in [3.05, 3.63) is 57.3 Å². The van der Waals surface area contributed by atoms with E-state index in [2.05, 4.69) is 10.1 Å². The van der Waals surface area contributed by atoms with E-state index in [-0.39, 0.29) is 34.2 Å². The molecule has 2 aromatic heterocycles. The molecule has 3 heterocycles. The summed E-state index contributed by atoms with van der Waals surface area (Å²) in [5.74, 6) is -1.10. The molecule has 0 spiro atoms. The van der Waals surface area contributed by atoms with Crippen LogP contribution >= 0.6 is 0 Å². The number of nitrogens with zero attached hydrogens (tertiary/aromatic N) is 4. The van der Waals surface area contributed by atoms with Crippen LogP contribution in [0.25, 0.3) is 16.9 Å². The Bertz CT molecular complexity index is 1210. The lowest BCUT2D eigenvalue weighted by atomic mass is 9.96. The van der Waals surface area contributed by atoms with E-state index in [0.717, 1.165) is 17.4 Å². The average molecular weight is 393 g/mol. The molecule has 1 amide bonds. The van der Waals surface area contributed by atoms with Crippen molar-refractivity contribution >= 4 is 11.6 Å². The van der Waals surface area contributed by atoms with Gasteiger partial charge in [0, 0.05) is 18.7 Å². The Morgan fingerprint density at radius 3 is 2.69 bits per heavy atom. The minimum atomic E-state index is -0.595. The van der Waals surface area contributed by atoms with Crippen LogP contribution < -0.4 is 5.56 Å². The molecule has 4 rings (SSSR count). The Hall–Kier alpha value is -3.47. The van der Waals surface area contributed by atoms with E-state index in [9.17, 15) is 19.2 Å². The first-order valence-electron chi connectivity index (χ1n) is 9.55. The highest BCUT2D eigenvalue weighted by molar-refractivity contribution is 5.96. The second kappa shape index (κ2) is 7.17. The van der Waals surface area contributed by atoms with E-state index >= 15 is 0 Å². The predicted molar refractivity (Wildman–Crippen MR) is 105 cm³/mol. The van der Waals surface area contributed by atoms with Crippen LogP contribution in [0, 0.1) is 17.1 Å². The molecule has 0 bridgehead atoms. The molecule has 1 fully saturated rings. The molecular formula is C21H20FN5O2. The fourth-order valence-corrected chi connectivity index (χ4v) is 3.81. The summed E-state index contributed by atoms with van der Waals surface area (Å²) in [4.78, 5) is 30.5. The molecule has 0 atom stereocenters. The summed E-state index contributed by atoms with van der Waals surface area (Å²) in [7, 11) is 0. The normalized spacial score (nSPS) is 14.0. The van der Waals surface area contributed by atoms with Crippen molar-refractivity contribution in [2.75, 3.05) is 13.1 Å². The predicted octanol–water partition coefficient (Wildman–Crippen LogP) is 3.06. The zero-order valence-electron chi connectivity index (χ0n) is 16.2. The highest BCUT2D eigenvalue weighted by Crippen LogP contribution is 2.28. The smallest absolute Gasteiger partial charge is 0.278 e. The molecule has 0 radical (unpaired) electrons. The Labute approximate surface area is 166 Å². The molecule has 1 aliphatic rings. The van der Waals surface area contributed by atoms with Gasteiger partial charge in [-0.2, -0.15) is 14.9 Å². The number of fused-ring (bicyclic) bond motifs is 1. The summed E-state index contributed by atoms with van der Waals surface area (Å²) in [5, 5.41) is 13.3. The van der Waals surface area contributed by atoms with Crippen molar-refractivity contribution in [1.29, 1.82) is 5.26 Å². The maximum Gasteiger partial charge on any atom is 0.278 e. The molecule has 0 saturated carbocycles. The number of nitriles is 1. The fourth-order valence-electron chi connectivity index (χ4n) is 3.81. The van der Waals surface area contributed by atoms with Crippen molar-refractivity contribution < 1.29 is 9.18 Å². The van der Waals surface area contributed by atoms with Gasteiger partial charge in [0.1, 0.15) is 17.4 Å². The lowest BCUT2D eigenvalue weighted by molar-refractivity contribution is 0.0788. The van der Waals surface area contributed by atoms with Crippen molar-refractivity contribution in [3.63, 3.8) is 0 Å². The van der Waals surface area contributed by atoms with Gasteiger partial charge in [0.15, 0.2) is 5.65 Å². The summed E-state index contributed by atoms with van der Waals surface area (Å²) in [6.45, 7) is 4.97. The van der Waals surface area contributed by atoms with Crippen molar-refractivity contribution in [3.8, 4) is 17.3 Å². The lowest BCUT2D eigenvalue weighted by Crippen LogP contribution is -2.28. The number of aromatic amines is 1. The van der Waals surface area contributed by atoms with Gasteiger partial charge >= 0.3 is 0 Å². The molecule has 1 aliphatic heterocycles. The average Bonchev–Trinajstić information content (AvgIpc) is 3.37. The zero-order valence-corrected chi connectivity index (χ0v) is 16.2. The van der Waals surface area contributed by atoms with Gasteiger partial charge in [-0.15, -0.1) is 0 Å². The van der Waals surface area contributed by atoms with Crippen LogP contribution in [-0.4, -0.2) is 38.5 Å². The van der Waals surface area contributed by atoms with E-state index in [1.807, 2.05) is 19.9 Å². The van der Waals surface area contributed by atoms with E-state index in [4.69, 9.17) is 0 Å². The van der Waals surface area contributed by atoms with Gasteiger partial charge in [0.05, 0.1) is 17.5 Å². The topological polar surface area (TPSA) is 94.3 Å². The first-order chi connectivity index (χ1) is 13.9. The third kappa shape index (κ3) is 3.09. The highest BCUT2D eigenvalue weighted by atomic mass is 19.1. The number of carbonyl (C=O) groups is 1. The van der Waals surface area contributed by atoms with E-state index in [0.29, 0.717) is 29.9 Å². The number of nitrogens with one attached hydrogen (secondary N) is 1. The van der Waals surface area contributed by atoms with Gasteiger partial charge in [0.2, 0.25) is 0 Å². The molecule has 1 saturated heterocycles. The molecule has 3 aromatic rings. The number of benzene rings is 1. The number of hydrogen-bond donors (Lipinski definition) is 1. The number of halogens is 1. The number of aromatic nitrogens is 3. The minimum absolute atomic E-state index is 0.0196. The third-order valence-electron chi connectivity index (χ3n) is 5.28. The molecule has 148 valence electrons. The van der Waals surface area contributed by atoms with Crippen LogP contribution in [0.3, 0.4) is 0 Å². The number of likely N-dealkylation sites (tertiary alicyclic amines) is 1. The van der Waals surface area contributed by atoms with Crippen LogP contribution in [0.15, 0.2) is 29.2 Å². The monoisotopic (exact) mass is 393 g/mol. The SMILES string of the molecule is CC(C)c1c(-c2ccc(F)c(C(=O)N3CCCC3)c2)[nH]c2c(C#N)cnn2c1=O. The van der Waals surface area contributed by atoms with E-state index < -0.39 is 5.82 Å². The third-order valence-corrected chi connectivity index (χ3v) is 5.28. The number of amides is 1. The van der Waals surface area contributed by atoms with Gasteiger partial charge in [-0.25, -0.2) is 4.39 Å². The maximum atomic E-state index is 14.5. The Morgan fingerprint density at radius 1 is 1.31 bits per heavy atom. The largest absolute Gasteiger partial charge is 0.339 e. The van der Waals surface area contributed by atoms with Crippen LogP contribution in [0.5, 0.6) is 0 Å². The van der Waals surface area contributed by atoms with Crippen molar-refractivity contribution in [2.45, 2.75) is 32.6 Å². The van der Waals surface area contributed by atoms with Crippen LogP contribution in [0.1, 0.15) is 54.1 Å². The first-order valence-corrected chi connectivity index (χ1v) is 9.55. The number of rotatable bonds is 3. The molecule has 1 aromatic carbocycles. The second-order valence-corrected chi connectivity index (χ2v) is 7.50. The summed E-state index contributed by atoms with van der Waals surface area (Å²) >= 11 is 0. The van der Waals surface area contributed by atoms with E-state index in [1.165, 1.54) is 24.4 Å². The van der Waals surface area contributed by atoms with Crippen LogP contribution in [0.2, 0.25) is 0 Å². The summed E-state index contributed by atoms with van der Waals surface area (Å²) in [5.41, 5.74) is 1.57. The fraction of sp³-hybridized carbons (Fsp3) is 0.333. The Kier molecular flexibility index (Phi) is 4.66. The van der Waals surface area contributed by atoms with Gasteiger partial charge < -0.3 is 9.88 Å². The van der Waals surface area contributed by atoms with Crippen LogP contribution in [0.4, 0.5) is 4.39 Å². The second-order valence-electron chi connectivity index (χ2n) is 7.50. The summed E-state index contributed by atoms with van der Waals surface area (Å²) in [6, 6.07) is 6.26. The van der Waals surface area contributed by atoms with Gasteiger partial charge in [0.25, 0.3) is 11.5 Å². The zero-order chi connectivity index (χ0) is 20.7. The molecule has 1 N–H and O–H groups in total. The van der Waals surface area contributed by atoms with Gasteiger partial charge in [-0.05, 0) is 42.5 Å². The number of H-pyrrole nitrogens is 1. The molecule has 0 unspecified atom stereocenters. The first kappa shape index (κ1) is 18.9. The summed E-state index contributed by atoms with van der Waals surface area (Å²) in [6.07, 6.45) is 3.15. The molecule has 29 heavy (non-hydrogen) atoms. The minimum Gasteiger partial charge on any atom is -0.339 e. The summed E-state index contributed by atoms with van der Waals surface area (Å²) < 4.78 is 15.6. The van der Waals surface area contributed by atoms with Gasteiger partial charge in [-0.1, -0.05) is 13.8 Å². The number of hydrogen-bond acceptors (Lipinski definition) is 4. The molecule has 0 aliphatic carbocycles. The molecule has 8 heteroatoms. The lowest BCUT2D eigenvalue weighted by Gasteiger charge is -2.17. The van der Waals surface area contributed by atoms with E-state index in [1.54, 1.807) is 4.90 Å². The maximum absolute atomic E-state index is 14.5. The van der Waals surface area contributed by atoms with Crippen LogP contribution in [-0.2, 0) is 0 Å². The molecule has 7 nitrogen and oxygen atoms in total. The van der Waals surface area contributed by atoms with Crippen molar-refractivity contribution in [2.24, 2.45) is 0 Å². The highest BCUT2D eigenvalue weighted by Gasteiger charge is 2.24. The quantitative estimate of drug-likeness (QED) is 0.740. The number of carbonyl (C=O) groups excluding carboxylic acids is 1. The van der Waals surface area contributed by atoms with Gasteiger partial charge in [-0.3, -0.25) is 9.59 Å². The Balaban J connectivity index is 1.93.